The highest BCUT2D eigenvalue weighted by Gasteiger charge is 2.25. The van der Waals surface area contributed by atoms with Crippen molar-refractivity contribution in [2.45, 2.75) is 41.8 Å². The largest absolute Gasteiger partial charge is 0.490 e. The summed E-state index contributed by atoms with van der Waals surface area (Å²) in [6.07, 6.45) is 0.884. The number of pyridine rings is 1. The van der Waals surface area contributed by atoms with Crippen molar-refractivity contribution in [3.8, 4) is 40.5 Å². The maximum absolute atomic E-state index is 12.5. The number of nitrogen functional groups attached to an aromatic ring is 1. The van der Waals surface area contributed by atoms with Crippen molar-refractivity contribution in [1.29, 1.82) is 10.5 Å². The highest BCUT2D eigenvalue weighted by molar-refractivity contribution is 7.98. The molecule has 15 nitrogen and oxygen atoms in total. The summed E-state index contributed by atoms with van der Waals surface area (Å²) in [6, 6.07) is 15.8. The van der Waals surface area contributed by atoms with Crippen LogP contribution in [0.5, 0.6) is 5.75 Å². The Bertz CT molecular complexity index is 1890. The van der Waals surface area contributed by atoms with Gasteiger partial charge in [0.1, 0.15) is 65.9 Å². The Labute approximate surface area is 303 Å². The van der Waals surface area contributed by atoms with Gasteiger partial charge in [-0.15, -0.1) is 0 Å². The fourth-order valence-electron chi connectivity index (χ4n) is 4.58. The number of esters is 2. The quantitative estimate of drug-likeness (QED) is 0.0770. The molecule has 2 aromatic carbocycles. The summed E-state index contributed by atoms with van der Waals surface area (Å²) in [4.78, 5) is 33.6. The van der Waals surface area contributed by atoms with Crippen LogP contribution in [0.4, 0.5) is 5.82 Å². The van der Waals surface area contributed by atoms with E-state index in [2.05, 4.69) is 22.1 Å². The molecule has 0 fully saturated rings. The first-order valence-corrected chi connectivity index (χ1v) is 16.9. The number of ether oxygens (including phenoxy) is 3. The molecule has 0 aliphatic rings. The third-order valence-electron chi connectivity index (χ3n) is 7.25. The molecule has 0 aliphatic carbocycles. The average Bonchev–Trinajstić information content (AvgIpc) is 3.61. The van der Waals surface area contributed by atoms with Gasteiger partial charge in [0, 0.05) is 21.9 Å². The molecule has 0 aliphatic heterocycles. The maximum atomic E-state index is 12.5. The lowest BCUT2D eigenvalue weighted by Gasteiger charge is -2.21. The Morgan fingerprint density at radius 3 is 2.14 bits per heavy atom. The van der Waals surface area contributed by atoms with Crippen LogP contribution in [0.1, 0.15) is 29.7 Å². The van der Waals surface area contributed by atoms with Crippen LogP contribution in [0.2, 0.25) is 5.02 Å². The molecule has 2 heterocycles. The van der Waals surface area contributed by atoms with Gasteiger partial charge in [0.25, 0.3) is 0 Å². The van der Waals surface area contributed by atoms with Crippen LogP contribution >= 0.6 is 23.4 Å². The van der Waals surface area contributed by atoms with Gasteiger partial charge in [-0.2, -0.15) is 10.5 Å². The molecular weight excluding hydrogens is 698 g/mol. The lowest BCUT2D eigenvalue weighted by molar-refractivity contribution is -0.162. The summed E-state index contributed by atoms with van der Waals surface area (Å²) in [5, 5.41) is 21.1. The second kappa shape index (κ2) is 18.7. The molecule has 266 valence electrons. The minimum Gasteiger partial charge on any atom is -0.490 e. The number of halogens is 1. The summed E-state index contributed by atoms with van der Waals surface area (Å²) in [5.41, 5.74) is 31.1. The number of hydrogen-bond acceptors (Lipinski definition) is 16. The number of benzene rings is 2. The Kier molecular flexibility index (Phi) is 14.2. The highest BCUT2D eigenvalue weighted by Crippen LogP contribution is 2.37. The zero-order chi connectivity index (χ0) is 36.9. The van der Waals surface area contributed by atoms with E-state index in [1.54, 1.807) is 48.5 Å². The molecule has 0 bridgehead atoms. The molecule has 4 rings (SSSR count). The normalized spacial score (nSPS) is 12.6. The van der Waals surface area contributed by atoms with Gasteiger partial charge in [-0.25, -0.2) is 9.97 Å². The van der Waals surface area contributed by atoms with Crippen molar-refractivity contribution < 1.29 is 28.2 Å². The van der Waals surface area contributed by atoms with Gasteiger partial charge in [-0.3, -0.25) is 9.59 Å². The summed E-state index contributed by atoms with van der Waals surface area (Å²) >= 11 is 7.19. The van der Waals surface area contributed by atoms with E-state index in [0.717, 1.165) is 5.56 Å². The molecule has 51 heavy (non-hydrogen) atoms. The number of carbonyl (C=O) groups is 2. The van der Waals surface area contributed by atoms with Crippen molar-refractivity contribution in [2.75, 3.05) is 32.0 Å². The SMILES string of the molecule is N#Cc1c(N)nc(SCc2coc(-c3ccc(Cl)cc3)n2)c(C#N)c1-c1ccc(OCC(COC(=O)C(N)CCN)OC(=O)C(N)CCN)cc1. The Morgan fingerprint density at radius 2 is 1.51 bits per heavy atom. The number of aromatic nitrogens is 2. The fourth-order valence-corrected chi connectivity index (χ4v) is 5.58. The monoisotopic (exact) mass is 733 g/mol. The number of nitrogens with two attached hydrogens (primary N) is 5. The highest BCUT2D eigenvalue weighted by atomic mass is 35.5. The number of oxazole rings is 1. The summed E-state index contributed by atoms with van der Waals surface area (Å²) in [6.45, 7) is -0.196. The molecular formula is C34H36ClN9O6S. The molecule has 10 N–H and O–H groups in total. The summed E-state index contributed by atoms with van der Waals surface area (Å²) in [5.74, 6) is -0.452. The van der Waals surface area contributed by atoms with E-state index < -0.39 is 30.1 Å². The number of hydrogen-bond donors (Lipinski definition) is 5. The smallest absolute Gasteiger partial charge is 0.323 e. The molecule has 3 atom stereocenters. The van der Waals surface area contributed by atoms with Crippen molar-refractivity contribution in [1.82, 2.24) is 9.97 Å². The standard InChI is InChI=1S/C34H36ClN9O6S/c35-21-5-1-20(2-6-21)31-43-22(15-48-31)18-51-32-26(14-39)29(25(13-38)30(42)44-32)19-3-7-23(8-4-19)47-16-24(50-34(46)28(41)10-12-37)17-49-33(45)27(40)9-11-36/h1-8,15,24,27-28H,9-12,16-18,36-37,40-41H2,(H2,42,44). The van der Waals surface area contributed by atoms with Crippen LogP contribution in [0, 0.1) is 22.7 Å². The first-order chi connectivity index (χ1) is 24.6. The molecule has 17 heteroatoms. The number of thioether (sulfide) groups is 1. The number of nitrogens with zero attached hydrogens (tertiary/aromatic N) is 4. The summed E-state index contributed by atoms with van der Waals surface area (Å²) in [7, 11) is 0. The zero-order valence-corrected chi connectivity index (χ0v) is 28.9. The lowest BCUT2D eigenvalue weighted by Crippen LogP contribution is -2.41. The Morgan fingerprint density at radius 1 is 0.882 bits per heavy atom. The predicted molar refractivity (Wildman–Crippen MR) is 190 cm³/mol. The molecule has 4 aromatic rings. The van der Waals surface area contributed by atoms with Gasteiger partial charge >= 0.3 is 11.9 Å². The second-order valence-electron chi connectivity index (χ2n) is 11.0. The zero-order valence-electron chi connectivity index (χ0n) is 27.3. The number of carbonyl (C=O) groups excluding carboxylic acids is 2. The van der Waals surface area contributed by atoms with Crippen molar-refractivity contribution in [2.24, 2.45) is 22.9 Å². The van der Waals surface area contributed by atoms with Crippen molar-refractivity contribution in [3.05, 3.63) is 76.6 Å². The maximum Gasteiger partial charge on any atom is 0.323 e. The first kappa shape index (κ1) is 38.6. The van der Waals surface area contributed by atoms with E-state index >= 15 is 0 Å². The van der Waals surface area contributed by atoms with Gasteiger partial charge in [-0.1, -0.05) is 35.5 Å². The molecule has 0 saturated carbocycles. The van der Waals surface area contributed by atoms with Crippen LogP contribution in [-0.4, -0.2) is 66.4 Å². The van der Waals surface area contributed by atoms with E-state index in [1.807, 2.05) is 0 Å². The van der Waals surface area contributed by atoms with Gasteiger partial charge in [0.15, 0.2) is 6.10 Å². The molecule has 2 aromatic heterocycles. The molecule has 3 unspecified atom stereocenters. The van der Waals surface area contributed by atoms with Crippen molar-refractivity contribution in [3.63, 3.8) is 0 Å². The lowest BCUT2D eigenvalue weighted by atomic mass is 9.97. The van der Waals surface area contributed by atoms with Crippen molar-refractivity contribution >= 4 is 41.1 Å². The fraction of sp³-hybridized carbons (Fsp3) is 0.294. The van der Waals surface area contributed by atoms with Gasteiger partial charge < -0.3 is 47.3 Å². The average molecular weight is 734 g/mol. The van der Waals surface area contributed by atoms with E-state index in [0.29, 0.717) is 44.3 Å². The topological polar surface area (TPSA) is 278 Å². The van der Waals surface area contributed by atoms with Gasteiger partial charge in [0.05, 0.1) is 11.3 Å². The van der Waals surface area contributed by atoms with Gasteiger partial charge in [0.2, 0.25) is 5.89 Å². The Hall–Kier alpha value is -5.20. The van der Waals surface area contributed by atoms with Crippen LogP contribution in [0.15, 0.2) is 64.2 Å². The van der Waals surface area contributed by atoms with E-state index in [4.69, 9.17) is 58.9 Å². The van der Waals surface area contributed by atoms with E-state index in [-0.39, 0.29) is 56.1 Å². The Balaban J connectivity index is 1.50. The number of rotatable bonds is 17. The summed E-state index contributed by atoms with van der Waals surface area (Å²) < 4.78 is 22.1. The van der Waals surface area contributed by atoms with E-state index in [1.165, 1.54) is 18.0 Å². The van der Waals surface area contributed by atoms with Crippen LogP contribution in [0.25, 0.3) is 22.6 Å². The van der Waals surface area contributed by atoms with Crippen LogP contribution in [0.3, 0.4) is 0 Å². The van der Waals surface area contributed by atoms with Crippen LogP contribution < -0.4 is 33.4 Å². The molecule has 0 radical (unpaired) electrons. The molecule has 0 amide bonds. The third kappa shape index (κ3) is 10.4. The van der Waals surface area contributed by atoms with Crippen LogP contribution in [-0.2, 0) is 24.8 Å². The number of nitriles is 2. The molecule has 0 spiro atoms. The first-order valence-electron chi connectivity index (χ1n) is 15.6. The third-order valence-corrected chi connectivity index (χ3v) is 8.51. The molecule has 0 saturated heterocycles. The predicted octanol–water partition coefficient (Wildman–Crippen LogP) is 2.86. The minimum atomic E-state index is -1.03. The van der Waals surface area contributed by atoms with Gasteiger partial charge in [-0.05, 0) is 67.9 Å². The minimum absolute atomic E-state index is 0.0338. The number of anilines is 1. The van der Waals surface area contributed by atoms with E-state index in [9.17, 15) is 20.1 Å². The second-order valence-corrected chi connectivity index (χ2v) is 12.4.